The standard InChI is InChI=1S/C14H20N2O5S/c1-3-14(17)15-6-7-16(22(2,18)19)9-11-4-5-12-13(8-11)21-10-20-12/h4-5,8H,3,6-7,9-10H2,1-2H3,(H,15,17). The molecule has 0 bridgehead atoms. The van der Waals surface area contributed by atoms with E-state index in [1.807, 2.05) is 0 Å². The fourth-order valence-corrected chi connectivity index (χ4v) is 2.86. The lowest BCUT2D eigenvalue weighted by molar-refractivity contribution is -0.120. The van der Waals surface area contributed by atoms with Gasteiger partial charge in [-0.25, -0.2) is 8.42 Å². The fourth-order valence-electron chi connectivity index (χ4n) is 2.05. The monoisotopic (exact) mass is 328 g/mol. The van der Waals surface area contributed by atoms with Gasteiger partial charge in [-0.2, -0.15) is 4.31 Å². The largest absolute Gasteiger partial charge is 0.454 e. The van der Waals surface area contributed by atoms with Crippen molar-refractivity contribution < 1.29 is 22.7 Å². The number of ether oxygens (including phenoxy) is 2. The summed E-state index contributed by atoms with van der Waals surface area (Å²) in [6.07, 6.45) is 1.53. The van der Waals surface area contributed by atoms with E-state index in [0.29, 0.717) is 17.9 Å². The summed E-state index contributed by atoms with van der Waals surface area (Å²) in [7, 11) is -3.37. The Hall–Kier alpha value is -1.80. The minimum atomic E-state index is -3.37. The van der Waals surface area contributed by atoms with Crippen molar-refractivity contribution in [2.75, 3.05) is 26.1 Å². The Morgan fingerprint density at radius 2 is 2.05 bits per heavy atom. The number of amides is 1. The summed E-state index contributed by atoms with van der Waals surface area (Å²) in [6.45, 7) is 2.65. The average Bonchev–Trinajstić information content (AvgIpc) is 2.92. The Morgan fingerprint density at radius 1 is 1.32 bits per heavy atom. The lowest BCUT2D eigenvalue weighted by Crippen LogP contribution is -2.37. The normalized spacial score (nSPS) is 13.4. The van der Waals surface area contributed by atoms with Crippen LogP contribution in [0.5, 0.6) is 11.5 Å². The molecule has 0 atom stereocenters. The first kappa shape index (κ1) is 16.6. The van der Waals surface area contributed by atoms with Gasteiger partial charge in [0, 0.05) is 26.1 Å². The van der Waals surface area contributed by atoms with Gasteiger partial charge in [0.1, 0.15) is 0 Å². The van der Waals surface area contributed by atoms with Gasteiger partial charge < -0.3 is 14.8 Å². The van der Waals surface area contributed by atoms with Gasteiger partial charge in [0.2, 0.25) is 22.7 Å². The molecule has 0 spiro atoms. The summed E-state index contributed by atoms with van der Waals surface area (Å²) < 4.78 is 35.6. The molecule has 1 heterocycles. The molecule has 1 aliphatic heterocycles. The molecule has 8 heteroatoms. The van der Waals surface area contributed by atoms with Crippen molar-refractivity contribution in [3.05, 3.63) is 23.8 Å². The van der Waals surface area contributed by atoms with Crippen LogP contribution in [0.1, 0.15) is 18.9 Å². The summed E-state index contributed by atoms with van der Waals surface area (Å²) in [5.74, 6) is 1.17. The van der Waals surface area contributed by atoms with Crippen LogP contribution in [0.25, 0.3) is 0 Å². The number of benzene rings is 1. The summed E-state index contributed by atoms with van der Waals surface area (Å²) in [4.78, 5) is 11.2. The van der Waals surface area contributed by atoms with Crippen molar-refractivity contribution in [2.24, 2.45) is 0 Å². The fraction of sp³-hybridized carbons (Fsp3) is 0.500. The van der Waals surface area contributed by atoms with Crippen molar-refractivity contribution in [1.29, 1.82) is 0 Å². The minimum Gasteiger partial charge on any atom is -0.454 e. The van der Waals surface area contributed by atoms with Crippen molar-refractivity contribution >= 4 is 15.9 Å². The minimum absolute atomic E-state index is 0.100. The topological polar surface area (TPSA) is 84.9 Å². The summed E-state index contributed by atoms with van der Waals surface area (Å²) in [5, 5.41) is 2.67. The van der Waals surface area contributed by atoms with E-state index in [9.17, 15) is 13.2 Å². The predicted octanol–water partition coefficient (Wildman–Crippen LogP) is 0.703. The van der Waals surface area contributed by atoms with Gasteiger partial charge in [0.05, 0.1) is 6.26 Å². The Bertz CT molecular complexity index is 645. The Morgan fingerprint density at radius 3 is 2.73 bits per heavy atom. The first-order valence-corrected chi connectivity index (χ1v) is 8.85. The lowest BCUT2D eigenvalue weighted by atomic mass is 10.2. The molecular formula is C14H20N2O5S. The van der Waals surface area contributed by atoms with Gasteiger partial charge >= 0.3 is 0 Å². The molecule has 0 aromatic heterocycles. The van der Waals surface area contributed by atoms with Gasteiger partial charge in [0.25, 0.3) is 0 Å². The third-order valence-electron chi connectivity index (χ3n) is 3.27. The van der Waals surface area contributed by atoms with Crippen LogP contribution in [-0.2, 0) is 21.4 Å². The molecule has 1 amide bonds. The summed E-state index contributed by atoms with van der Waals surface area (Å²) in [5.41, 5.74) is 0.802. The molecule has 1 aliphatic rings. The van der Waals surface area contributed by atoms with Crippen LogP contribution in [-0.4, -0.2) is 44.8 Å². The number of nitrogens with one attached hydrogen (secondary N) is 1. The van der Waals surface area contributed by atoms with E-state index in [0.717, 1.165) is 11.8 Å². The average molecular weight is 328 g/mol. The third-order valence-corrected chi connectivity index (χ3v) is 4.52. The molecule has 2 rings (SSSR count). The molecule has 0 saturated heterocycles. The van der Waals surface area contributed by atoms with Crippen LogP contribution in [0.3, 0.4) is 0 Å². The smallest absolute Gasteiger partial charge is 0.231 e. The van der Waals surface area contributed by atoms with Gasteiger partial charge in [0.15, 0.2) is 11.5 Å². The zero-order chi connectivity index (χ0) is 16.2. The van der Waals surface area contributed by atoms with Crippen LogP contribution < -0.4 is 14.8 Å². The molecule has 0 radical (unpaired) electrons. The molecule has 22 heavy (non-hydrogen) atoms. The maximum atomic E-state index is 11.9. The molecule has 7 nitrogen and oxygen atoms in total. The van der Waals surface area contributed by atoms with Crippen molar-refractivity contribution in [3.63, 3.8) is 0 Å². The second-order valence-electron chi connectivity index (χ2n) is 4.99. The van der Waals surface area contributed by atoms with Gasteiger partial charge in [-0.1, -0.05) is 13.0 Å². The number of carbonyl (C=O) groups excluding carboxylic acids is 1. The summed E-state index contributed by atoms with van der Waals surface area (Å²) in [6, 6.07) is 5.33. The molecule has 1 N–H and O–H groups in total. The third kappa shape index (κ3) is 4.35. The van der Waals surface area contributed by atoms with Gasteiger partial charge in [-0.15, -0.1) is 0 Å². The number of fused-ring (bicyclic) bond motifs is 1. The molecule has 1 aromatic carbocycles. The van der Waals surface area contributed by atoms with E-state index in [1.165, 1.54) is 4.31 Å². The lowest BCUT2D eigenvalue weighted by Gasteiger charge is -2.20. The maximum absolute atomic E-state index is 11.9. The molecule has 0 fully saturated rings. The van der Waals surface area contributed by atoms with E-state index in [1.54, 1.807) is 25.1 Å². The van der Waals surface area contributed by atoms with Crippen LogP contribution in [0.2, 0.25) is 0 Å². The number of rotatable bonds is 7. The number of nitrogens with zero attached hydrogens (tertiary/aromatic N) is 1. The number of hydrogen-bond acceptors (Lipinski definition) is 5. The second-order valence-corrected chi connectivity index (χ2v) is 6.97. The SMILES string of the molecule is CCC(=O)NCCN(Cc1ccc2c(c1)OCO2)S(C)(=O)=O. The molecule has 122 valence electrons. The van der Waals surface area contributed by atoms with Crippen LogP contribution in [0.4, 0.5) is 0 Å². The molecule has 1 aromatic rings. The molecule has 0 saturated carbocycles. The maximum Gasteiger partial charge on any atom is 0.231 e. The van der Waals surface area contributed by atoms with Crippen molar-refractivity contribution in [3.8, 4) is 11.5 Å². The van der Waals surface area contributed by atoms with Crippen molar-refractivity contribution in [2.45, 2.75) is 19.9 Å². The first-order valence-electron chi connectivity index (χ1n) is 7.00. The highest BCUT2D eigenvalue weighted by molar-refractivity contribution is 7.88. The van der Waals surface area contributed by atoms with E-state index < -0.39 is 10.0 Å². The Kier molecular flexibility index (Phi) is 5.25. The zero-order valence-corrected chi connectivity index (χ0v) is 13.5. The highest BCUT2D eigenvalue weighted by Crippen LogP contribution is 2.32. The zero-order valence-electron chi connectivity index (χ0n) is 12.7. The second kappa shape index (κ2) is 6.97. The van der Waals surface area contributed by atoms with Crippen LogP contribution >= 0.6 is 0 Å². The van der Waals surface area contributed by atoms with E-state index in [-0.39, 0.29) is 32.3 Å². The Balaban J connectivity index is 2.02. The van der Waals surface area contributed by atoms with Gasteiger partial charge in [-0.3, -0.25) is 4.79 Å². The Labute approximate surface area is 130 Å². The van der Waals surface area contributed by atoms with Crippen LogP contribution in [0.15, 0.2) is 18.2 Å². The highest BCUT2D eigenvalue weighted by Gasteiger charge is 2.19. The van der Waals surface area contributed by atoms with Crippen LogP contribution in [0, 0.1) is 0 Å². The van der Waals surface area contributed by atoms with E-state index in [4.69, 9.17) is 9.47 Å². The summed E-state index contributed by atoms with van der Waals surface area (Å²) >= 11 is 0. The number of hydrogen-bond donors (Lipinski definition) is 1. The van der Waals surface area contributed by atoms with Gasteiger partial charge in [-0.05, 0) is 17.7 Å². The molecular weight excluding hydrogens is 308 g/mol. The number of carbonyl (C=O) groups is 1. The van der Waals surface area contributed by atoms with Crippen molar-refractivity contribution in [1.82, 2.24) is 9.62 Å². The quantitative estimate of drug-likeness (QED) is 0.796. The number of sulfonamides is 1. The predicted molar refractivity (Wildman–Crippen MR) is 81.1 cm³/mol. The first-order chi connectivity index (χ1) is 10.4. The van der Waals surface area contributed by atoms with E-state index in [2.05, 4.69) is 5.32 Å². The molecule has 0 unspecified atom stereocenters. The molecule has 0 aliphatic carbocycles. The highest BCUT2D eigenvalue weighted by atomic mass is 32.2. The van der Waals surface area contributed by atoms with E-state index >= 15 is 0 Å².